The first-order chi connectivity index (χ1) is 6.33. The van der Waals surface area contributed by atoms with Crippen LogP contribution in [0, 0.1) is 6.92 Å². The lowest BCUT2D eigenvalue weighted by atomic mass is 10.1. The van der Waals surface area contributed by atoms with Crippen LogP contribution in [0.1, 0.15) is 11.3 Å². The van der Waals surface area contributed by atoms with Gasteiger partial charge in [0.1, 0.15) is 11.3 Å². The zero-order chi connectivity index (χ0) is 9.26. The van der Waals surface area contributed by atoms with Gasteiger partial charge in [0, 0.05) is 11.8 Å². The van der Waals surface area contributed by atoms with Crippen LogP contribution in [0.4, 0.5) is 0 Å². The molecule has 0 spiro atoms. The van der Waals surface area contributed by atoms with Crippen LogP contribution in [-0.4, -0.2) is 0 Å². The van der Waals surface area contributed by atoms with E-state index >= 15 is 0 Å². The van der Waals surface area contributed by atoms with E-state index in [0.717, 1.165) is 17.8 Å². The highest BCUT2D eigenvalue weighted by atomic mass is 16.3. The van der Waals surface area contributed by atoms with Gasteiger partial charge in [0.25, 0.3) is 0 Å². The SMILES string of the molecule is C=CCc1oc2ccccc2c1C. The van der Waals surface area contributed by atoms with E-state index in [0.29, 0.717) is 0 Å². The zero-order valence-corrected chi connectivity index (χ0v) is 7.71. The molecule has 1 heteroatoms. The number of rotatable bonds is 2. The number of allylic oxidation sites excluding steroid dienone is 1. The van der Waals surface area contributed by atoms with E-state index in [1.54, 1.807) is 0 Å². The Labute approximate surface area is 77.7 Å². The summed E-state index contributed by atoms with van der Waals surface area (Å²) in [7, 11) is 0. The topological polar surface area (TPSA) is 13.1 Å². The van der Waals surface area contributed by atoms with Crippen LogP contribution in [0.5, 0.6) is 0 Å². The summed E-state index contributed by atoms with van der Waals surface area (Å²) in [6.07, 6.45) is 2.67. The molecule has 0 radical (unpaired) electrons. The van der Waals surface area contributed by atoms with Gasteiger partial charge in [-0.15, -0.1) is 6.58 Å². The average molecular weight is 172 g/mol. The smallest absolute Gasteiger partial charge is 0.134 e. The van der Waals surface area contributed by atoms with Crippen LogP contribution < -0.4 is 0 Å². The Bertz CT molecular complexity index is 437. The first-order valence-corrected chi connectivity index (χ1v) is 4.41. The Morgan fingerprint density at radius 1 is 1.38 bits per heavy atom. The number of para-hydroxylation sites is 1. The summed E-state index contributed by atoms with van der Waals surface area (Å²) in [6, 6.07) is 8.10. The van der Waals surface area contributed by atoms with Gasteiger partial charge in [0.2, 0.25) is 0 Å². The molecule has 0 bridgehead atoms. The van der Waals surface area contributed by atoms with Gasteiger partial charge in [0.15, 0.2) is 0 Å². The molecule has 0 aliphatic heterocycles. The number of fused-ring (bicyclic) bond motifs is 1. The fourth-order valence-electron chi connectivity index (χ4n) is 1.55. The molecule has 2 rings (SSSR count). The van der Waals surface area contributed by atoms with Crippen molar-refractivity contribution in [1.29, 1.82) is 0 Å². The highest BCUT2D eigenvalue weighted by Crippen LogP contribution is 2.25. The molecule has 0 amide bonds. The Balaban J connectivity index is 2.66. The maximum Gasteiger partial charge on any atom is 0.134 e. The van der Waals surface area contributed by atoms with Crippen LogP contribution in [0.15, 0.2) is 41.3 Å². The third-order valence-corrected chi connectivity index (χ3v) is 2.27. The molecule has 0 saturated carbocycles. The lowest BCUT2D eigenvalue weighted by molar-refractivity contribution is 0.562. The summed E-state index contributed by atoms with van der Waals surface area (Å²) in [5, 5.41) is 1.21. The van der Waals surface area contributed by atoms with Crippen molar-refractivity contribution in [3.8, 4) is 0 Å². The molecule has 1 nitrogen and oxygen atoms in total. The van der Waals surface area contributed by atoms with Gasteiger partial charge in [0.05, 0.1) is 0 Å². The fourth-order valence-corrected chi connectivity index (χ4v) is 1.55. The van der Waals surface area contributed by atoms with Gasteiger partial charge in [-0.05, 0) is 18.6 Å². The van der Waals surface area contributed by atoms with E-state index < -0.39 is 0 Å². The van der Waals surface area contributed by atoms with Crippen LogP contribution in [0.3, 0.4) is 0 Å². The average Bonchev–Trinajstić information content (AvgIpc) is 2.46. The van der Waals surface area contributed by atoms with Gasteiger partial charge in [-0.2, -0.15) is 0 Å². The van der Waals surface area contributed by atoms with E-state index in [9.17, 15) is 0 Å². The molecule has 0 N–H and O–H groups in total. The van der Waals surface area contributed by atoms with Crippen LogP contribution >= 0.6 is 0 Å². The molecule has 0 saturated heterocycles. The highest BCUT2D eigenvalue weighted by Gasteiger charge is 2.07. The van der Waals surface area contributed by atoms with Gasteiger partial charge in [-0.25, -0.2) is 0 Å². The number of furan rings is 1. The summed E-state index contributed by atoms with van der Waals surface area (Å²) in [5.41, 5.74) is 2.20. The van der Waals surface area contributed by atoms with Gasteiger partial charge >= 0.3 is 0 Å². The Kier molecular flexibility index (Phi) is 1.93. The lowest BCUT2D eigenvalue weighted by Gasteiger charge is -1.89. The molecule has 1 aromatic carbocycles. The number of aryl methyl sites for hydroxylation is 1. The predicted molar refractivity (Wildman–Crippen MR) is 54.9 cm³/mol. The molecule has 66 valence electrons. The number of hydrogen-bond donors (Lipinski definition) is 0. The monoisotopic (exact) mass is 172 g/mol. The molecule has 13 heavy (non-hydrogen) atoms. The Morgan fingerprint density at radius 2 is 2.15 bits per heavy atom. The third-order valence-electron chi connectivity index (χ3n) is 2.27. The van der Waals surface area contributed by atoms with Crippen molar-refractivity contribution in [2.24, 2.45) is 0 Å². The quantitative estimate of drug-likeness (QED) is 0.632. The van der Waals surface area contributed by atoms with Crippen molar-refractivity contribution in [3.63, 3.8) is 0 Å². The molecular weight excluding hydrogens is 160 g/mol. The van der Waals surface area contributed by atoms with Crippen molar-refractivity contribution in [3.05, 3.63) is 48.2 Å². The molecule has 1 aromatic heterocycles. The largest absolute Gasteiger partial charge is 0.460 e. The molecule has 0 fully saturated rings. The summed E-state index contributed by atoms with van der Waals surface area (Å²) >= 11 is 0. The standard InChI is InChI=1S/C12H12O/c1-3-6-11-9(2)10-7-4-5-8-12(10)13-11/h3-5,7-8H,1,6H2,2H3. The second-order valence-electron chi connectivity index (χ2n) is 3.14. The maximum atomic E-state index is 5.67. The minimum atomic E-state index is 0.806. The van der Waals surface area contributed by atoms with Crippen molar-refractivity contribution in [2.45, 2.75) is 13.3 Å². The maximum absolute atomic E-state index is 5.67. The van der Waals surface area contributed by atoms with Crippen LogP contribution in [0.25, 0.3) is 11.0 Å². The van der Waals surface area contributed by atoms with Crippen LogP contribution in [0.2, 0.25) is 0 Å². The second kappa shape index (κ2) is 3.09. The van der Waals surface area contributed by atoms with Crippen molar-refractivity contribution in [1.82, 2.24) is 0 Å². The van der Waals surface area contributed by atoms with Gasteiger partial charge in [-0.1, -0.05) is 24.3 Å². The van der Waals surface area contributed by atoms with Crippen molar-refractivity contribution < 1.29 is 4.42 Å². The summed E-state index contributed by atoms with van der Waals surface area (Å²) in [5.74, 6) is 1.02. The summed E-state index contributed by atoms with van der Waals surface area (Å²) < 4.78 is 5.67. The van der Waals surface area contributed by atoms with Crippen molar-refractivity contribution in [2.75, 3.05) is 0 Å². The van der Waals surface area contributed by atoms with Gasteiger partial charge in [-0.3, -0.25) is 0 Å². The normalized spacial score (nSPS) is 10.5. The third kappa shape index (κ3) is 1.26. The first-order valence-electron chi connectivity index (χ1n) is 4.41. The zero-order valence-electron chi connectivity index (χ0n) is 7.71. The highest BCUT2D eigenvalue weighted by molar-refractivity contribution is 5.81. The molecule has 0 aliphatic rings. The summed E-state index contributed by atoms with van der Waals surface area (Å²) in [6.45, 7) is 5.80. The molecule has 0 atom stereocenters. The van der Waals surface area contributed by atoms with Gasteiger partial charge < -0.3 is 4.42 Å². The van der Waals surface area contributed by atoms with E-state index in [1.165, 1.54) is 10.9 Å². The lowest BCUT2D eigenvalue weighted by Crippen LogP contribution is -1.78. The van der Waals surface area contributed by atoms with Crippen molar-refractivity contribution >= 4 is 11.0 Å². The molecule has 0 unspecified atom stereocenters. The van der Waals surface area contributed by atoms with Crippen LogP contribution in [-0.2, 0) is 6.42 Å². The fraction of sp³-hybridized carbons (Fsp3) is 0.167. The first kappa shape index (κ1) is 8.11. The predicted octanol–water partition coefficient (Wildman–Crippen LogP) is 3.47. The van der Waals surface area contributed by atoms with E-state index in [2.05, 4.69) is 19.6 Å². The molecule has 2 aromatic rings. The molecular formula is C12H12O. The van der Waals surface area contributed by atoms with E-state index in [4.69, 9.17) is 4.42 Å². The number of benzene rings is 1. The Hall–Kier alpha value is -1.50. The van der Waals surface area contributed by atoms with E-state index in [-0.39, 0.29) is 0 Å². The molecule has 1 heterocycles. The minimum Gasteiger partial charge on any atom is -0.460 e. The second-order valence-corrected chi connectivity index (χ2v) is 3.14. The van der Waals surface area contributed by atoms with E-state index in [1.807, 2.05) is 24.3 Å². The molecule has 0 aliphatic carbocycles. The number of hydrogen-bond acceptors (Lipinski definition) is 1. The minimum absolute atomic E-state index is 0.806. The summed E-state index contributed by atoms with van der Waals surface area (Å²) in [4.78, 5) is 0. The Morgan fingerprint density at radius 3 is 2.85 bits per heavy atom.